The second-order valence-electron chi connectivity index (χ2n) is 7.88. The highest BCUT2D eigenvalue weighted by Gasteiger charge is 2.30. The van der Waals surface area contributed by atoms with Crippen molar-refractivity contribution in [2.24, 2.45) is 0 Å². The van der Waals surface area contributed by atoms with E-state index in [4.69, 9.17) is 0 Å². The van der Waals surface area contributed by atoms with E-state index in [-0.39, 0.29) is 24.8 Å². The Morgan fingerprint density at radius 2 is 1.61 bits per heavy atom. The number of rotatable bonds is 9. The van der Waals surface area contributed by atoms with E-state index in [9.17, 15) is 14.4 Å². The summed E-state index contributed by atoms with van der Waals surface area (Å²) in [7, 11) is 1.33. The molecule has 7 heteroatoms. The number of benzene rings is 2. The summed E-state index contributed by atoms with van der Waals surface area (Å²) in [6.07, 6.45) is 2.38. The Hall–Kier alpha value is -3.19. The van der Waals surface area contributed by atoms with Gasteiger partial charge in [0.25, 0.3) is 0 Å². The normalized spacial score (nSPS) is 13.0. The molecule has 0 radical (unpaired) electrons. The number of nitrogens with zero attached hydrogens (tertiary/aromatic N) is 1. The van der Waals surface area contributed by atoms with Crippen LogP contribution >= 0.6 is 0 Å². The van der Waals surface area contributed by atoms with Crippen LogP contribution in [0.15, 0.2) is 42.5 Å². The molecule has 0 atom stereocenters. The second-order valence-corrected chi connectivity index (χ2v) is 7.88. The van der Waals surface area contributed by atoms with Crippen LogP contribution in [0.25, 0.3) is 0 Å². The zero-order valence-corrected chi connectivity index (χ0v) is 18.2. The Kier molecular flexibility index (Phi) is 7.41. The van der Waals surface area contributed by atoms with E-state index in [0.717, 1.165) is 29.7 Å². The molecule has 0 aromatic heterocycles. The average molecular weight is 424 g/mol. The van der Waals surface area contributed by atoms with Gasteiger partial charge in [-0.25, -0.2) is 4.79 Å². The molecule has 2 N–H and O–H groups in total. The van der Waals surface area contributed by atoms with Crippen LogP contribution in [0.2, 0.25) is 0 Å². The number of ether oxygens (including phenoxy) is 1. The quantitative estimate of drug-likeness (QED) is 0.603. The lowest BCUT2D eigenvalue weighted by molar-refractivity contribution is -0.119. The predicted molar refractivity (Wildman–Crippen MR) is 120 cm³/mol. The van der Waals surface area contributed by atoms with Gasteiger partial charge in [-0.2, -0.15) is 0 Å². The molecule has 1 fully saturated rings. The molecule has 2 aromatic rings. The minimum Gasteiger partial charge on any atom is -0.465 e. The molecule has 0 spiro atoms. The van der Waals surface area contributed by atoms with E-state index in [2.05, 4.69) is 20.3 Å². The summed E-state index contributed by atoms with van der Waals surface area (Å²) in [6, 6.07) is 12.8. The summed E-state index contributed by atoms with van der Waals surface area (Å²) >= 11 is 0. The van der Waals surface area contributed by atoms with E-state index >= 15 is 0 Å². The van der Waals surface area contributed by atoms with Gasteiger partial charge in [0.05, 0.1) is 19.2 Å². The molecule has 31 heavy (non-hydrogen) atoms. The fourth-order valence-corrected chi connectivity index (χ4v) is 3.48. The number of anilines is 2. The third-order valence-electron chi connectivity index (χ3n) is 5.37. The number of hydrogen-bond donors (Lipinski definition) is 2. The van der Waals surface area contributed by atoms with Crippen molar-refractivity contribution in [3.63, 3.8) is 0 Å². The van der Waals surface area contributed by atoms with Crippen LogP contribution in [0, 0.1) is 13.8 Å². The van der Waals surface area contributed by atoms with Crippen LogP contribution in [0.1, 0.15) is 40.7 Å². The van der Waals surface area contributed by atoms with Gasteiger partial charge in [0.2, 0.25) is 11.8 Å². The number of methoxy groups -OCH3 is 1. The lowest BCUT2D eigenvalue weighted by Crippen LogP contribution is -2.37. The molecular formula is C24H29N3O4. The van der Waals surface area contributed by atoms with Gasteiger partial charge in [0.15, 0.2) is 0 Å². The molecule has 164 valence electrons. The van der Waals surface area contributed by atoms with Gasteiger partial charge in [0, 0.05) is 30.4 Å². The lowest BCUT2D eigenvalue weighted by atomic mass is 10.1. The molecule has 1 aliphatic rings. The third-order valence-corrected chi connectivity index (χ3v) is 5.37. The highest BCUT2D eigenvalue weighted by atomic mass is 16.5. The van der Waals surface area contributed by atoms with E-state index in [0.29, 0.717) is 23.8 Å². The Morgan fingerprint density at radius 3 is 2.19 bits per heavy atom. The Labute approximate surface area is 182 Å². The highest BCUT2D eigenvalue weighted by Crippen LogP contribution is 2.27. The van der Waals surface area contributed by atoms with Gasteiger partial charge in [0.1, 0.15) is 0 Å². The molecule has 0 bridgehead atoms. The molecular weight excluding hydrogens is 394 g/mol. The Bertz CT molecular complexity index is 932. The monoisotopic (exact) mass is 423 g/mol. The predicted octanol–water partition coefficient (Wildman–Crippen LogP) is 3.52. The zero-order valence-electron chi connectivity index (χ0n) is 18.2. The van der Waals surface area contributed by atoms with Crippen LogP contribution < -0.4 is 10.6 Å². The summed E-state index contributed by atoms with van der Waals surface area (Å²) in [5, 5.41) is 5.85. The number of amides is 2. The second kappa shape index (κ2) is 10.2. The summed E-state index contributed by atoms with van der Waals surface area (Å²) in [4.78, 5) is 38.5. The largest absolute Gasteiger partial charge is 0.465 e. The topological polar surface area (TPSA) is 87.7 Å². The lowest BCUT2D eigenvalue weighted by Gasteiger charge is -2.22. The molecule has 1 saturated carbocycles. The van der Waals surface area contributed by atoms with E-state index in [1.54, 1.807) is 24.3 Å². The summed E-state index contributed by atoms with van der Waals surface area (Å²) < 4.78 is 4.67. The van der Waals surface area contributed by atoms with E-state index < -0.39 is 5.97 Å². The summed E-state index contributed by atoms with van der Waals surface area (Å²) in [5.74, 6) is -0.619. The van der Waals surface area contributed by atoms with Crippen LogP contribution in [0.4, 0.5) is 11.4 Å². The fourth-order valence-electron chi connectivity index (χ4n) is 3.48. The standard InChI is InChI=1S/C24H29N3O4/c1-16-5-4-6-17(2)23(16)26-22(29)15-27(20-11-12-20)14-13-21(28)25-19-9-7-18(8-10-19)24(30)31-3/h4-10,20H,11-15H2,1-3H3,(H,25,28)(H,26,29). The van der Waals surface area contributed by atoms with E-state index in [1.165, 1.54) is 7.11 Å². The molecule has 2 aromatic carbocycles. The van der Waals surface area contributed by atoms with Gasteiger partial charge in [-0.05, 0) is 62.1 Å². The van der Waals surface area contributed by atoms with Gasteiger partial charge in [-0.3, -0.25) is 14.5 Å². The van der Waals surface area contributed by atoms with Gasteiger partial charge < -0.3 is 15.4 Å². The Balaban J connectivity index is 1.50. The van der Waals surface area contributed by atoms with Crippen molar-refractivity contribution < 1.29 is 19.1 Å². The van der Waals surface area contributed by atoms with Crippen molar-refractivity contribution >= 4 is 29.2 Å². The first-order valence-electron chi connectivity index (χ1n) is 10.5. The van der Waals surface area contributed by atoms with Crippen LogP contribution in [0.5, 0.6) is 0 Å². The summed E-state index contributed by atoms with van der Waals surface area (Å²) in [6.45, 7) is 4.73. The van der Waals surface area contributed by atoms with Crippen molar-refractivity contribution in [1.82, 2.24) is 4.90 Å². The maximum Gasteiger partial charge on any atom is 0.337 e. The van der Waals surface area contributed by atoms with Crippen LogP contribution in [0.3, 0.4) is 0 Å². The van der Waals surface area contributed by atoms with Gasteiger partial charge in [-0.15, -0.1) is 0 Å². The van der Waals surface area contributed by atoms with Gasteiger partial charge in [-0.1, -0.05) is 18.2 Å². The maximum atomic E-state index is 12.6. The molecule has 1 aliphatic carbocycles. The van der Waals surface area contributed by atoms with Crippen LogP contribution in [-0.4, -0.2) is 48.9 Å². The number of para-hydroxylation sites is 1. The highest BCUT2D eigenvalue weighted by molar-refractivity contribution is 5.94. The molecule has 2 amide bonds. The molecule has 0 unspecified atom stereocenters. The average Bonchev–Trinajstić information content (AvgIpc) is 3.59. The van der Waals surface area contributed by atoms with Crippen molar-refractivity contribution in [2.75, 3.05) is 30.8 Å². The first kappa shape index (κ1) is 22.5. The number of carbonyl (C=O) groups is 3. The minimum atomic E-state index is -0.419. The van der Waals surface area contributed by atoms with Gasteiger partial charge >= 0.3 is 5.97 Å². The Morgan fingerprint density at radius 1 is 0.968 bits per heavy atom. The smallest absolute Gasteiger partial charge is 0.337 e. The first-order valence-corrected chi connectivity index (χ1v) is 10.5. The summed E-state index contributed by atoms with van der Waals surface area (Å²) in [5.41, 5.74) is 3.96. The molecule has 7 nitrogen and oxygen atoms in total. The molecule has 0 heterocycles. The number of aryl methyl sites for hydroxylation is 2. The number of carbonyl (C=O) groups excluding carboxylic acids is 3. The third kappa shape index (κ3) is 6.39. The number of esters is 1. The fraction of sp³-hybridized carbons (Fsp3) is 0.375. The van der Waals surface area contributed by atoms with Crippen LogP contribution in [-0.2, 0) is 14.3 Å². The molecule has 3 rings (SSSR count). The number of hydrogen-bond acceptors (Lipinski definition) is 5. The first-order chi connectivity index (χ1) is 14.9. The van der Waals surface area contributed by atoms with Crippen molar-refractivity contribution in [1.29, 1.82) is 0 Å². The zero-order chi connectivity index (χ0) is 22.4. The molecule has 0 aliphatic heterocycles. The van der Waals surface area contributed by atoms with Crippen molar-refractivity contribution in [2.45, 2.75) is 39.2 Å². The van der Waals surface area contributed by atoms with Crippen molar-refractivity contribution in [3.8, 4) is 0 Å². The molecule has 0 saturated heterocycles. The van der Waals surface area contributed by atoms with Crippen molar-refractivity contribution in [3.05, 3.63) is 59.2 Å². The number of nitrogens with one attached hydrogen (secondary N) is 2. The van der Waals surface area contributed by atoms with E-state index in [1.807, 2.05) is 32.0 Å². The maximum absolute atomic E-state index is 12.6. The minimum absolute atomic E-state index is 0.0666. The SMILES string of the molecule is COC(=O)c1ccc(NC(=O)CCN(CC(=O)Nc2c(C)cccc2C)C2CC2)cc1.